The van der Waals surface area contributed by atoms with Crippen LogP contribution in [0.1, 0.15) is 37.6 Å². The Bertz CT molecular complexity index is 689. The van der Waals surface area contributed by atoms with E-state index in [1.807, 2.05) is 6.26 Å². The molecule has 1 aromatic carbocycles. The summed E-state index contributed by atoms with van der Waals surface area (Å²) in [7, 11) is 0. The van der Waals surface area contributed by atoms with Gasteiger partial charge in [0.1, 0.15) is 5.82 Å². The molecule has 0 atom stereocenters. The third-order valence-corrected chi connectivity index (χ3v) is 4.66. The summed E-state index contributed by atoms with van der Waals surface area (Å²) < 4.78 is 0. The Morgan fingerprint density at radius 1 is 1.13 bits per heavy atom. The highest BCUT2D eigenvalue weighted by Gasteiger charge is 2.18. The molecule has 1 aromatic heterocycles. The second-order valence-corrected chi connectivity index (χ2v) is 7.64. The minimum Gasteiger partial charge on any atom is -0.340 e. The van der Waals surface area contributed by atoms with E-state index in [1.165, 1.54) is 11.1 Å². The SMILES string of the molecule is CSc1nc2c(c(Nc3ccc(C(C)(C)C)cc3)n1)CCNC2. The van der Waals surface area contributed by atoms with Gasteiger partial charge in [0.2, 0.25) is 0 Å². The van der Waals surface area contributed by atoms with Gasteiger partial charge >= 0.3 is 0 Å². The first-order valence-corrected chi connectivity index (χ1v) is 9.22. The third kappa shape index (κ3) is 3.67. The first-order chi connectivity index (χ1) is 11.0. The average Bonchev–Trinajstić information content (AvgIpc) is 2.54. The lowest BCUT2D eigenvalue weighted by molar-refractivity contribution is 0.590. The van der Waals surface area contributed by atoms with Crippen LogP contribution in [0.4, 0.5) is 11.5 Å². The Morgan fingerprint density at radius 3 is 2.52 bits per heavy atom. The highest BCUT2D eigenvalue weighted by molar-refractivity contribution is 7.98. The molecule has 0 radical (unpaired) electrons. The van der Waals surface area contributed by atoms with E-state index < -0.39 is 0 Å². The molecule has 23 heavy (non-hydrogen) atoms. The van der Waals surface area contributed by atoms with Crippen LogP contribution in [0.2, 0.25) is 0 Å². The molecular weight excluding hydrogens is 304 g/mol. The molecule has 0 aliphatic carbocycles. The van der Waals surface area contributed by atoms with Crippen molar-refractivity contribution in [1.82, 2.24) is 15.3 Å². The molecule has 1 aliphatic heterocycles. The van der Waals surface area contributed by atoms with Crippen LogP contribution in [-0.4, -0.2) is 22.8 Å². The first kappa shape index (κ1) is 16.3. The lowest BCUT2D eigenvalue weighted by Gasteiger charge is -2.21. The van der Waals surface area contributed by atoms with Gasteiger partial charge in [0.25, 0.3) is 0 Å². The maximum absolute atomic E-state index is 4.68. The molecular formula is C18H24N4S. The van der Waals surface area contributed by atoms with Crippen LogP contribution in [-0.2, 0) is 18.4 Å². The van der Waals surface area contributed by atoms with Crippen molar-refractivity contribution in [2.45, 2.75) is 44.3 Å². The summed E-state index contributed by atoms with van der Waals surface area (Å²) in [6, 6.07) is 8.64. The average molecular weight is 328 g/mol. The predicted molar refractivity (Wildman–Crippen MR) is 97.6 cm³/mol. The van der Waals surface area contributed by atoms with Gasteiger partial charge in [0, 0.05) is 17.8 Å². The molecule has 0 saturated carbocycles. The maximum atomic E-state index is 4.68. The van der Waals surface area contributed by atoms with Gasteiger partial charge in [-0.1, -0.05) is 44.7 Å². The Hall–Kier alpha value is -1.59. The van der Waals surface area contributed by atoms with Crippen LogP contribution in [0.5, 0.6) is 0 Å². The van der Waals surface area contributed by atoms with Gasteiger partial charge in [0.15, 0.2) is 5.16 Å². The Morgan fingerprint density at radius 2 is 1.87 bits per heavy atom. The lowest BCUT2D eigenvalue weighted by atomic mass is 9.87. The Kier molecular flexibility index (Phi) is 4.60. The number of aromatic nitrogens is 2. The number of nitrogens with one attached hydrogen (secondary N) is 2. The van der Waals surface area contributed by atoms with Crippen molar-refractivity contribution in [3.63, 3.8) is 0 Å². The molecule has 4 nitrogen and oxygen atoms in total. The number of rotatable bonds is 3. The van der Waals surface area contributed by atoms with Crippen molar-refractivity contribution in [3.8, 4) is 0 Å². The summed E-state index contributed by atoms with van der Waals surface area (Å²) in [6.45, 7) is 8.49. The largest absolute Gasteiger partial charge is 0.340 e. The summed E-state index contributed by atoms with van der Waals surface area (Å²) in [5.41, 5.74) is 4.93. The summed E-state index contributed by atoms with van der Waals surface area (Å²) in [6.07, 6.45) is 2.98. The summed E-state index contributed by atoms with van der Waals surface area (Å²) in [4.78, 5) is 9.31. The molecule has 0 amide bonds. The highest BCUT2D eigenvalue weighted by Crippen LogP contribution is 2.28. The van der Waals surface area contributed by atoms with E-state index in [9.17, 15) is 0 Å². The van der Waals surface area contributed by atoms with E-state index in [0.29, 0.717) is 0 Å². The number of fused-ring (bicyclic) bond motifs is 1. The van der Waals surface area contributed by atoms with Gasteiger partial charge in [-0.2, -0.15) is 0 Å². The minimum absolute atomic E-state index is 0.171. The quantitative estimate of drug-likeness (QED) is 0.661. The molecule has 0 unspecified atom stereocenters. The number of anilines is 2. The second kappa shape index (κ2) is 6.49. The van der Waals surface area contributed by atoms with Gasteiger partial charge < -0.3 is 10.6 Å². The van der Waals surface area contributed by atoms with Crippen LogP contribution in [0.15, 0.2) is 29.4 Å². The number of benzene rings is 1. The zero-order chi connectivity index (χ0) is 16.4. The summed E-state index contributed by atoms with van der Waals surface area (Å²) in [5.74, 6) is 0.948. The van der Waals surface area contributed by atoms with Crippen LogP contribution in [0.3, 0.4) is 0 Å². The van der Waals surface area contributed by atoms with E-state index in [-0.39, 0.29) is 5.41 Å². The molecule has 2 aromatic rings. The highest BCUT2D eigenvalue weighted by atomic mass is 32.2. The predicted octanol–water partition coefficient (Wildman–Crippen LogP) is 3.89. The standard InChI is InChI=1S/C18H24N4S/c1-18(2,3)12-5-7-13(8-6-12)20-16-14-9-10-19-11-15(14)21-17(22-16)23-4/h5-8,19H,9-11H2,1-4H3,(H,20,21,22). The zero-order valence-corrected chi connectivity index (χ0v) is 15.0. The number of hydrogen-bond acceptors (Lipinski definition) is 5. The minimum atomic E-state index is 0.171. The van der Waals surface area contributed by atoms with Gasteiger partial charge in [-0.25, -0.2) is 9.97 Å². The topological polar surface area (TPSA) is 49.8 Å². The fraction of sp³-hybridized carbons (Fsp3) is 0.444. The number of thioether (sulfide) groups is 1. The lowest BCUT2D eigenvalue weighted by Crippen LogP contribution is -2.26. The van der Waals surface area contributed by atoms with Crippen molar-refractivity contribution in [2.75, 3.05) is 18.1 Å². The molecule has 3 rings (SSSR count). The third-order valence-electron chi connectivity index (χ3n) is 4.11. The fourth-order valence-corrected chi connectivity index (χ4v) is 3.11. The summed E-state index contributed by atoms with van der Waals surface area (Å²) in [5, 5.41) is 7.69. The fourth-order valence-electron chi connectivity index (χ4n) is 2.72. The molecule has 0 spiro atoms. The van der Waals surface area contributed by atoms with Gasteiger partial charge in [0.05, 0.1) is 5.69 Å². The Labute approximate surface area is 142 Å². The van der Waals surface area contributed by atoms with Gasteiger partial charge in [-0.3, -0.25) is 0 Å². The molecule has 5 heteroatoms. The number of nitrogens with zero attached hydrogens (tertiary/aromatic N) is 2. The summed E-state index contributed by atoms with van der Waals surface area (Å²) >= 11 is 1.58. The molecule has 0 fully saturated rings. The van der Waals surface area contributed by atoms with Crippen molar-refractivity contribution < 1.29 is 0 Å². The molecule has 0 saturated heterocycles. The van der Waals surface area contributed by atoms with Crippen LogP contribution in [0, 0.1) is 0 Å². The molecule has 2 N–H and O–H groups in total. The van der Waals surface area contributed by atoms with Crippen molar-refractivity contribution in [3.05, 3.63) is 41.1 Å². The van der Waals surface area contributed by atoms with E-state index in [0.717, 1.165) is 41.9 Å². The van der Waals surface area contributed by atoms with Crippen LogP contribution in [0.25, 0.3) is 0 Å². The monoisotopic (exact) mass is 328 g/mol. The molecule has 122 valence electrons. The Balaban J connectivity index is 1.90. The normalized spacial score (nSPS) is 14.4. The van der Waals surface area contributed by atoms with Crippen LogP contribution >= 0.6 is 11.8 Å². The second-order valence-electron chi connectivity index (χ2n) is 6.86. The zero-order valence-electron chi connectivity index (χ0n) is 14.2. The first-order valence-electron chi connectivity index (χ1n) is 7.99. The maximum Gasteiger partial charge on any atom is 0.189 e. The smallest absolute Gasteiger partial charge is 0.189 e. The molecule has 2 heterocycles. The van der Waals surface area contributed by atoms with E-state index in [2.05, 4.69) is 65.6 Å². The van der Waals surface area contributed by atoms with Crippen molar-refractivity contribution >= 4 is 23.3 Å². The van der Waals surface area contributed by atoms with Gasteiger partial charge in [-0.15, -0.1) is 0 Å². The number of hydrogen-bond donors (Lipinski definition) is 2. The van der Waals surface area contributed by atoms with E-state index in [4.69, 9.17) is 0 Å². The van der Waals surface area contributed by atoms with E-state index in [1.54, 1.807) is 11.8 Å². The van der Waals surface area contributed by atoms with Crippen molar-refractivity contribution in [1.29, 1.82) is 0 Å². The van der Waals surface area contributed by atoms with Gasteiger partial charge in [-0.05, 0) is 42.3 Å². The van der Waals surface area contributed by atoms with Crippen LogP contribution < -0.4 is 10.6 Å². The molecule has 0 bridgehead atoms. The van der Waals surface area contributed by atoms with E-state index >= 15 is 0 Å². The van der Waals surface area contributed by atoms with Crippen molar-refractivity contribution in [2.24, 2.45) is 0 Å². The molecule has 1 aliphatic rings.